The fraction of sp³-hybridized carbons (Fsp3) is 0.538. The highest BCUT2D eigenvalue weighted by molar-refractivity contribution is 5.45. The second-order valence-electron chi connectivity index (χ2n) is 4.69. The molecule has 1 heterocycles. The van der Waals surface area contributed by atoms with Crippen LogP contribution in [-0.4, -0.2) is 17.7 Å². The van der Waals surface area contributed by atoms with E-state index in [0.717, 1.165) is 13.0 Å². The van der Waals surface area contributed by atoms with Crippen LogP contribution in [0.1, 0.15) is 36.3 Å². The van der Waals surface area contributed by atoms with Gasteiger partial charge < -0.3 is 10.4 Å². The first kappa shape index (κ1) is 9.22. The molecule has 1 saturated heterocycles. The molecule has 2 atom stereocenters. The van der Waals surface area contributed by atoms with Crippen LogP contribution in [0.2, 0.25) is 0 Å². The molecule has 1 aromatic rings. The summed E-state index contributed by atoms with van der Waals surface area (Å²) in [6, 6.07) is 6.62. The summed E-state index contributed by atoms with van der Waals surface area (Å²) in [4.78, 5) is 0. The molecule has 2 unspecified atom stereocenters. The summed E-state index contributed by atoms with van der Waals surface area (Å²) in [5.74, 6) is 1.13. The van der Waals surface area contributed by atoms with E-state index in [1.165, 1.54) is 30.4 Å². The van der Waals surface area contributed by atoms with Crippen LogP contribution in [0.4, 0.5) is 0 Å². The number of hydrogen-bond donors (Lipinski definition) is 2. The molecule has 0 radical (unpaired) electrons. The summed E-state index contributed by atoms with van der Waals surface area (Å²) in [6.45, 7) is 1.16. The van der Waals surface area contributed by atoms with Gasteiger partial charge >= 0.3 is 0 Å². The normalized spacial score (nSPS) is 29.3. The van der Waals surface area contributed by atoms with Crippen LogP contribution in [0, 0.1) is 0 Å². The van der Waals surface area contributed by atoms with Gasteiger partial charge in [-0.25, -0.2) is 0 Å². The Bertz CT molecular complexity index is 369. The van der Waals surface area contributed by atoms with E-state index in [9.17, 15) is 5.11 Å². The van der Waals surface area contributed by atoms with Crippen molar-refractivity contribution in [3.63, 3.8) is 0 Å². The van der Waals surface area contributed by atoms with Gasteiger partial charge in [0, 0.05) is 6.04 Å². The fourth-order valence-corrected chi connectivity index (χ4v) is 3.14. The molecule has 2 heteroatoms. The quantitative estimate of drug-likeness (QED) is 0.733. The van der Waals surface area contributed by atoms with E-state index in [2.05, 4.69) is 11.4 Å². The van der Waals surface area contributed by atoms with Crippen LogP contribution in [-0.2, 0) is 6.42 Å². The van der Waals surface area contributed by atoms with E-state index in [0.29, 0.717) is 17.7 Å². The van der Waals surface area contributed by atoms with E-state index in [4.69, 9.17) is 0 Å². The maximum absolute atomic E-state index is 9.77. The van der Waals surface area contributed by atoms with Crippen LogP contribution in [0.15, 0.2) is 18.2 Å². The minimum Gasteiger partial charge on any atom is -0.508 e. The smallest absolute Gasteiger partial charge is 0.119 e. The van der Waals surface area contributed by atoms with Crippen LogP contribution in [0.25, 0.3) is 0 Å². The van der Waals surface area contributed by atoms with E-state index >= 15 is 0 Å². The highest BCUT2D eigenvalue weighted by Gasteiger charge is 2.32. The largest absolute Gasteiger partial charge is 0.508 e. The zero-order valence-corrected chi connectivity index (χ0v) is 8.87. The van der Waals surface area contributed by atoms with Gasteiger partial charge in [0.25, 0.3) is 0 Å². The Morgan fingerprint density at radius 1 is 1.27 bits per heavy atom. The van der Waals surface area contributed by atoms with Crippen molar-refractivity contribution in [2.24, 2.45) is 0 Å². The van der Waals surface area contributed by atoms with Crippen molar-refractivity contribution in [2.75, 3.05) is 6.54 Å². The number of phenolic OH excluding ortho intramolecular Hbond substituents is 1. The number of rotatable bonds is 1. The summed E-state index contributed by atoms with van der Waals surface area (Å²) in [7, 11) is 0. The molecule has 2 aliphatic rings. The highest BCUT2D eigenvalue weighted by Crippen LogP contribution is 2.41. The second kappa shape index (κ2) is 3.53. The maximum Gasteiger partial charge on any atom is 0.119 e. The van der Waals surface area contributed by atoms with E-state index in [-0.39, 0.29) is 0 Å². The third kappa shape index (κ3) is 1.44. The third-order valence-corrected chi connectivity index (χ3v) is 3.88. The first-order chi connectivity index (χ1) is 7.36. The molecule has 0 amide bonds. The predicted molar refractivity (Wildman–Crippen MR) is 60.2 cm³/mol. The number of fused-ring (bicyclic) bond motifs is 1. The third-order valence-electron chi connectivity index (χ3n) is 3.88. The first-order valence-electron chi connectivity index (χ1n) is 5.90. The summed E-state index contributed by atoms with van der Waals surface area (Å²) in [6.07, 6.45) is 4.84. The van der Waals surface area contributed by atoms with Gasteiger partial charge in [-0.1, -0.05) is 12.1 Å². The topological polar surface area (TPSA) is 32.3 Å². The number of aromatic hydroxyl groups is 1. The summed E-state index contributed by atoms with van der Waals surface area (Å²) < 4.78 is 0. The Labute approximate surface area is 90.3 Å². The molecule has 3 rings (SSSR count). The van der Waals surface area contributed by atoms with Gasteiger partial charge in [-0.3, -0.25) is 0 Å². The van der Waals surface area contributed by atoms with Crippen LogP contribution < -0.4 is 5.32 Å². The highest BCUT2D eigenvalue weighted by atomic mass is 16.3. The van der Waals surface area contributed by atoms with Crippen LogP contribution >= 0.6 is 0 Å². The molecule has 2 nitrogen and oxygen atoms in total. The molecule has 0 bridgehead atoms. The maximum atomic E-state index is 9.77. The summed E-state index contributed by atoms with van der Waals surface area (Å²) in [5.41, 5.74) is 2.57. The van der Waals surface area contributed by atoms with Gasteiger partial charge in [-0.2, -0.15) is 0 Å². The molecule has 2 N–H and O–H groups in total. The predicted octanol–water partition coefficient (Wildman–Crippen LogP) is 2.17. The molecule has 1 aromatic carbocycles. The second-order valence-corrected chi connectivity index (χ2v) is 4.69. The van der Waals surface area contributed by atoms with Crippen molar-refractivity contribution in [3.8, 4) is 5.75 Å². The first-order valence-corrected chi connectivity index (χ1v) is 5.90. The Morgan fingerprint density at radius 3 is 3.00 bits per heavy atom. The van der Waals surface area contributed by atoms with Gasteiger partial charge in [0.2, 0.25) is 0 Å². The van der Waals surface area contributed by atoms with E-state index in [1.807, 2.05) is 12.1 Å². The molecule has 15 heavy (non-hydrogen) atoms. The number of phenols is 1. The molecule has 0 saturated carbocycles. The van der Waals surface area contributed by atoms with Gasteiger partial charge in [0.15, 0.2) is 0 Å². The molecular formula is C13H17NO. The standard InChI is InChI=1S/C13H17NO/c15-13-5-1-3-9-10(6-7-11(9)13)12-4-2-8-14-12/h1,3,5,10,12,14-15H,2,4,6-8H2. The summed E-state index contributed by atoms with van der Waals surface area (Å²) in [5, 5.41) is 13.3. The Hall–Kier alpha value is -1.02. The van der Waals surface area contributed by atoms with E-state index in [1.54, 1.807) is 0 Å². The lowest BCUT2D eigenvalue weighted by molar-refractivity contribution is 0.469. The molecular weight excluding hydrogens is 186 g/mol. The van der Waals surface area contributed by atoms with Gasteiger partial charge in [-0.15, -0.1) is 0 Å². The average Bonchev–Trinajstić information content (AvgIpc) is 2.85. The fourth-order valence-electron chi connectivity index (χ4n) is 3.14. The molecule has 1 aliphatic carbocycles. The van der Waals surface area contributed by atoms with Crippen molar-refractivity contribution >= 4 is 0 Å². The summed E-state index contributed by atoms with van der Waals surface area (Å²) >= 11 is 0. The minimum atomic E-state index is 0.494. The lowest BCUT2D eigenvalue weighted by atomic mass is 9.92. The average molecular weight is 203 g/mol. The molecule has 0 spiro atoms. The van der Waals surface area contributed by atoms with Gasteiger partial charge in [0.05, 0.1) is 0 Å². The van der Waals surface area contributed by atoms with Gasteiger partial charge in [0.1, 0.15) is 5.75 Å². The Balaban J connectivity index is 1.94. The molecule has 1 aliphatic heterocycles. The SMILES string of the molecule is Oc1cccc2c1CCC2C1CCCN1. The van der Waals surface area contributed by atoms with Crippen LogP contribution in [0.5, 0.6) is 5.75 Å². The van der Waals surface area contributed by atoms with Gasteiger partial charge in [-0.05, 0) is 55.3 Å². The van der Waals surface area contributed by atoms with Crippen molar-refractivity contribution in [2.45, 2.75) is 37.6 Å². The van der Waals surface area contributed by atoms with Crippen molar-refractivity contribution < 1.29 is 5.11 Å². The molecule has 1 fully saturated rings. The number of benzene rings is 1. The van der Waals surface area contributed by atoms with Crippen LogP contribution in [0.3, 0.4) is 0 Å². The lowest BCUT2D eigenvalue weighted by Gasteiger charge is -2.19. The molecule has 80 valence electrons. The number of hydrogen-bond acceptors (Lipinski definition) is 2. The molecule has 0 aromatic heterocycles. The Kier molecular flexibility index (Phi) is 2.17. The zero-order valence-electron chi connectivity index (χ0n) is 8.87. The lowest BCUT2D eigenvalue weighted by Crippen LogP contribution is -2.27. The minimum absolute atomic E-state index is 0.494. The van der Waals surface area contributed by atoms with E-state index < -0.39 is 0 Å². The monoisotopic (exact) mass is 203 g/mol. The van der Waals surface area contributed by atoms with Crippen molar-refractivity contribution in [1.29, 1.82) is 0 Å². The van der Waals surface area contributed by atoms with Crippen molar-refractivity contribution in [3.05, 3.63) is 29.3 Å². The van der Waals surface area contributed by atoms with Crippen molar-refractivity contribution in [1.82, 2.24) is 5.32 Å². The Morgan fingerprint density at radius 2 is 2.20 bits per heavy atom. The number of nitrogens with one attached hydrogen (secondary N) is 1. The zero-order chi connectivity index (χ0) is 10.3.